The molecule has 1 aromatic rings. The van der Waals surface area contributed by atoms with Crippen molar-refractivity contribution < 1.29 is 4.52 Å². The summed E-state index contributed by atoms with van der Waals surface area (Å²) in [7, 11) is 2.19. The summed E-state index contributed by atoms with van der Waals surface area (Å²) in [6, 6.07) is 0.605. The number of likely N-dealkylation sites (N-methyl/N-ethyl adjacent to an activating group) is 1. The van der Waals surface area contributed by atoms with Crippen LogP contribution in [0.4, 0.5) is 0 Å². The minimum absolute atomic E-state index is 0. The first kappa shape index (κ1) is 19.2. The van der Waals surface area contributed by atoms with Gasteiger partial charge in [0.2, 0.25) is 0 Å². The highest BCUT2D eigenvalue weighted by molar-refractivity contribution is 14.0. The van der Waals surface area contributed by atoms with Crippen molar-refractivity contribution in [3.05, 3.63) is 17.0 Å². The Kier molecular flexibility index (Phi) is 8.16. The molecule has 6 nitrogen and oxygen atoms in total. The third-order valence-electron chi connectivity index (χ3n) is 4.10. The Hall–Kier alpha value is -0.830. The zero-order valence-corrected chi connectivity index (χ0v) is 16.3. The molecule has 126 valence electrons. The molecule has 2 rings (SSSR count). The fourth-order valence-corrected chi connectivity index (χ4v) is 2.68. The molecule has 1 atom stereocenters. The number of hydrogen-bond donors (Lipinski definition) is 2. The van der Waals surface area contributed by atoms with Crippen molar-refractivity contribution >= 4 is 29.9 Å². The van der Waals surface area contributed by atoms with E-state index in [0.29, 0.717) is 12.6 Å². The van der Waals surface area contributed by atoms with Crippen LogP contribution in [0.3, 0.4) is 0 Å². The Balaban J connectivity index is 0.00000242. The molecule has 0 bridgehead atoms. The number of hydrogen-bond acceptors (Lipinski definition) is 4. The van der Waals surface area contributed by atoms with Gasteiger partial charge in [0.25, 0.3) is 0 Å². The fourth-order valence-electron chi connectivity index (χ4n) is 2.68. The van der Waals surface area contributed by atoms with Gasteiger partial charge in [0.1, 0.15) is 5.76 Å². The monoisotopic (exact) mass is 421 g/mol. The smallest absolute Gasteiger partial charge is 0.191 e. The molecule has 1 fully saturated rings. The van der Waals surface area contributed by atoms with Gasteiger partial charge in [0.05, 0.1) is 12.2 Å². The van der Waals surface area contributed by atoms with E-state index in [2.05, 4.69) is 39.7 Å². The number of nitrogens with one attached hydrogen (secondary N) is 2. The van der Waals surface area contributed by atoms with Crippen molar-refractivity contribution in [1.29, 1.82) is 0 Å². The largest absolute Gasteiger partial charge is 0.361 e. The van der Waals surface area contributed by atoms with Gasteiger partial charge in [-0.3, -0.25) is 0 Å². The normalized spacial score (nSPS) is 19.1. The van der Waals surface area contributed by atoms with Crippen LogP contribution < -0.4 is 10.6 Å². The van der Waals surface area contributed by atoms with Crippen LogP contribution in [0.5, 0.6) is 0 Å². The lowest BCUT2D eigenvalue weighted by molar-refractivity contribution is 0.309. The third-order valence-corrected chi connectivity index (χ3v) is 4.10. The third kappa shape index (κ3) is 5.12. The lowest BCUT2D eigenvalue weighted by atomic mass is 10.2. The number of likely N-dealkylation sites (tertiary alicyclic amines) is 1. The predicted molar refractivity (Wildman–Crippen MR) is 99.9 cm³/mol. The molecule has 7 heteroatoms. The summed E-state index contributed by atoms with van der Waals surface area (Å²) in [5.74, 6) is 1.71. The average Bonchev–Trinajstić information content (AvgIpc) is 3.00. The van der Waals surface area contributed by atoms with Crippen molar-refractivity contribution in [2.24, 2.45) is 4.99 Å². The minimum Gasteiger partial charge on any atom is -0.361 e. The van der Waals surface area contributed by atoms with Gasteiger partial charge in [-0.15, -0.1) is 24.0 Å². The number of aromatic nitrogens is 1. The van der Waals surface area contributed by atoms with Gasteiger partial charge in [0, 0.05) is 24.7 Å². The second-order valence-corrected chi connectivity index (χ2v) is 5.66. The molecule has 2 heterocycles. The standard InChI is InChI=1S/C15H27N5O.HI/c1-5-16-15(17-9-13-7-6-8-20(13)4)18-10-14-11(2)19-21-12(14)3;/h13H,5-10H2,1-4H3,(H2,16,17,18);1H. The van der Waals surface area contributed by atoms with Gasteiger partial charge in [-0.1, -0.05) is 5.16 Å². The number of halogens is 1. The molecule has 1 aromatic heterocycles. The van der Waals surface area contributed by atoms with Crippen molar-refractivity contribution in [2.75, 3.05) is 26.7 Å². The Morgan fingerprint density at radius 3 is 2.73 bits per heavy atom. The van der Waals surface area contributed by atoms with E-state index in [9.17, 15) is 0 Å². The summed E-state index contributed by atoms with van der Waals surface area (Å²) in [4.78, 5) is 7.05. The molecule has 22 heavy (non-hydrogen) atoms. The zero-order valence-electron chi connectivity index (χ0n) is 14.0. The summed E-state index contributed by atoms with van der Waals surface area (Å²) in [5.41, 5.74) is 1.99. The Morgan fingerprint density at radius 1 is 1.41 bits per heavy atom. The van der Waals surface area contributed by atoms with Crippen LogP contribution in [0.15, 0.2) is 9.52 Å². The average molecular weight is 421 g/mol. The van der Waals surface area contributed by atoms with E-state index in [0.717, 1.165) is 36.1 Å². The first-order chi connectivity index (χ1) is 10.1. The Bertz CT molecular complexity index is 469. The quantitative estimate of drug-likeness (QED) is 0.433. The van der Waals surface area contributed by atoms with E-state index in [1.54, 1.807) is 0 Å². The first-order valence-corrected chi connectivity index (χ1v) is 7.76. The van der Waals surface area contributed by atoms with E-state index in [-0.39, 0.29) is 24.0 Å². The maximum absolute atomic E-state index is 5.18. The van der Waals surface area contributed by atoms with Crippen LogP contribution in [-0.2, 0) is 6.54 Å². The first-order valence-electron chi connectivity index (χ1n) is 7.76. The zero-order chi connectivity index (χ0) is 15.2. The number of nitrogens with zero attached hydrogens (tertiary/aromatic N) is 3. The van der Waals surface area contributed by atoms with Gasteiger partial charge >= 0.3 is 0 Å². The molecule has 0 saturated carbocycles. The molecule has 1 aliphatic heterocycles. The number of aliphatic imine (C=N–C) groups is 1. The lowest BCUT2D eigenvalue weighted by Crippen LogP contribution is -2.44. The van der Waals surface area contributed by atoms with Gasteiger partial charge in [0.15, 0.2) is 5.96 Å². The molecular weight excluding hydrogens is 393 g/mol. The highest BCUT2D eigenvalue weighted by atomic mass is 127. The van der Waals surface area contributed by atoms with Gasteiger partial charge < -0.3 is 20.1 Å². The summed E-state index contributed by atoms with van der Waals surface area (Å²) >= 11 is 0. The van der Waals surface area contributed by atoms with Crippen LogP contribution in [0, 0.1) is 13.8 Å². The van der Waals surface area contributed by atoms with Crippen LogP contribution in [-0.4, -0.2) is 48.7 Å². The van der Waals surface area contributed by atoms with Crippen molar-refractivity contribution in [1.82, 2.24) is 20.7 Å². The lowest BCUT2D eigenvalue weighted by Gasteiger charge is -2.21. The highest BCUT2D eigenvalue weighted by Gasteiger charge is 2.20. The molecule has 1 saturated heterocycles. The van der Waals surface area contributed by atoms with E-state index in [1.165, 1.54) is 19.4 Å². The van der Waals surface area contributed by atoms with Crippen molar-refractivity contribution in [3.8, 4) is 0 Å². The van der Waals surface area contributed by atoms with Crippen molar-refractivity contribution in [3.63, 3.8) is 0 Å². The highest BCUT2D eigenvalue weighted by Crippen LogP contribution is 2.14. The predicted octanol–water partition coefficient (Wildman–Crippen LogP) is 2.06. The number of rotatable bonds is 5. The van der Waals surface area contributed by atoms with Gasteiger partial charge in [-0.2, -0.15) is 0 Å². The maximum Gasteiger partial charge on any atom is 0.191 e. The second kappa shape index (κ2) is 9.34. The Labute approximate surface area is 150 Å². The minimum atomic E-state index is 0. The number of guanidine groups is 1. The van der Waals surface area contributed by atoms with Gasteiger partial charge in [-0.05, 0) is 47.2 Å². The van der Waals surface area contributed by atoms with E-state index in [1.807, 2.05) is 13.8 Å². The van der Waals surface area contributed by atoms with Crippen LogP contribution in [0.25, 0.3) is 0 Å². The molecule has 0 aliphatic carbocycles. The summed E-state index contributed by atoms with van der Waals surface area (Å²) in [5, 5.41) is 10.7. The summed E-state index contributed by atoms with van der Waals surface area (Å²) < 4.78 is 5.18. The molecule has 1 unspecified atom stereocenters. The van der Waals surface area contributed by atoms with Crippen molar-refractivity contribution in [2.45, 2.75) is 46.2 Å². The molecule has 0 spiro atoms. The summed E-state index contributed by atoms with van der Waals surface area (Å²) in [6.45, 7) is 9.54. The topological polar surface area (TPSA) is 65.7 Å². The van der Waals surface area contributed by atoms with Crippen LogP contribution in [0.2, 0.25) is 0 Å². The number of aryl methyl sites for hydroxylation is 2. The van der Waals surface area contributed by atoms with E-state index in [4.69, 9.17) is 4.52 Å². The van der Waals surface area contributed by atoms with E-state index < -0.39 is 0 Å². The molecule has 0 aromatic carbocycles. The molecule has 1 aliphatic rings. The molecule has 2 N–H and O–H groups in total. The molecular formula is C15H28IN5O. The van der Waals surface area contributed by atoms with E-state index >= 15 is 0 Å². The maximum atomic E-state index is 5.18. The molecule has 0 radical (unpaired) electrons. The Morgan fingerprint density at radius 2 is 2.18 bits per heavy atom. The SMILES string of the molecule is CCNC(=NCc1c(C)noc1C)NCC1CCCN1C.I. The van der Waals surface area contributed by atoms with Crippen LogP contribution >= 0.6 is 24.0 Å². The van der Waals surface area contributed by atoms with Crippen LogP contribution in [0.1, 0.15) is 36.8 Å². The fraction of sp³-hybridized carbons (Fsp3) is 0.733. The van der Waals surface area contributed by atoms with Gasteiger partial charge in [-0.25, -0.2) is 4.99 Å². The summed E-state index contributed by atoms with van der Waals surface area (Å²) in [6.07, 6.45) is 2.54. The molecule has 0 amide bonds. The second-order valence-electron chi connectivity index (χ2n) is 5.66.